The number of carboxylic acid groups (broad SMARTS) is 1. The normalized spacial score (nSPS) is 10.7. The van der Waals surface area contributed by atoms with E-state index in [0.717, 1.165) is 6.07 Å². The van der Waals surface area contributed by atoms with E-state index >= 15 is 0 Å². The van der Waals surface area contributed by atoms with Gasteiger partial charge in [0, 0.05) is 18.6 Å². The van der Waals surface area contributed by atoms with Crippen molar-refractivity contribution in [1.29, 1.82) is 0 Å². The molecule has 1 aromatic heterocycles. The molecule has 0 saturated heterocycles. The zero-order valence-electron chi connectivity index (χ0n) is 7.36. The van der Waals surface area contributed by atoms with Gasteiger partial charge in [-0.15, -0.1) is 0 Å². The molecule has 0 atom stereocenters. The first-order valence-electron chi connectivity index (χ1n) is 3.94. The lowest BCUT2D eigenvalue weighted by Gasteiger charge is -1.95. The summed E-state index contributed by atoms with van der Waals surface area (Å²) in [6.07, 6.45) is 1.57. The van der Waals surface area contributed by atoms with E-state index in [-0.39, 0.29) is 5.56 Å². The Kier molecular flexibility index (Phi) is 1.73. The van der Waals surface area contributed by atoms with Crippen LogP contribution >= 0.6 is 0 Å². The molecule has 0 saturated carbocycles. The number of carbonyl (C=O) groups is 1. The molecular formula is C9H7FN2O2. The van der Waals surface area contributed by atoms with Crippen LogP contribution in [0, 0.1) is 5.82 Å². The fourth-order valence-electron chi connectivity index (χ4n) is 1.38. The first-order valence-corrected chi connectivity index (χ1v) is 3.94. The number of aryl methyl sites for hydroxylation is 1. The average molecular weight is 194 g/mol. The number of halogens is 1. The fraction of sp³-hybridized carbons (Fsp3) is 0.111. The number of rotatable bonds is 1. The van der Waals surface area contributed by atoms with Crippen LogP contribution in [-0.4, -0.2) is 20.9 Å². The van der Waals surface area contributed by atoms with Crippen LogP contribution in [0.15, 0.2) is 18.3 Å². The molecule has 0 radical (unpaired) electrons. The van der Waals surface area contributed by atoms with Crippen LogP contribution in [0.2, 0.25) is 0 Å². The quantitative estimate of drug-likeness (QED) is 0.746. The summed E-state index contributed by atoms with van der Waals surface area (Å²) < 4.78 is 14.4. The van der Waals surface area contributed by atoms with Crippen LogP contribution < -0.4 is 0 Å². The van der Waals surface area contributed by atoms with Gasteiger partial charge in [0.25, 0.3) is 0 Å². The number of carboxylic acids is 1. The minimum atomic E-state index is -1.17. The van der Waals surface area contributed by atoms with E-state index in [1.807, 2.05) is 0 Å². The van der Waals surface area contributed by atoms with Crippen molar-refractivity contribution in [2.24, 2.45) is 7.05 Å². The van der Waals surface area contributed by atoms with Crippen LogP contribution in [0.5, 0.6) is 0 Å². The fourth-order valence-corrected chi connectivity index (χ4v) is 1.38. The molecular weight excluding hydrogens is 187 g/mol. The molecule has 0 aliphatic carbocycles. The lowest BCUT2D eigenvalue weighted by atomic mass is 10.1. The molecule has 1 aromatic carbocycles. The highest BCUT2D eigenvalue weighted by atomic mass is 19.1. The predicted octanol–water partition coefficient (Wildman–Crippen LogP) is 1.41. The second-order valence-electron chi connectivity index (χ2n) is 3.00. The highest BCUT2D eigenvalue weighted by molar-refractivity contribution is 6.01. The summed E-state index contributed by atoms with van der Waals surface area (Å²) in [7, 11) is 1.66. The van der Waals surface area contributed by atoms with Gasteiger partial charge in [0.05, 0.1) is 5.56 Å². The number of fused-ring (bicyclic) bond motifs is 1. The number of hydrogen-bond donors (Lipinski definition) is 1. The van der Waals surface area contributed by atoms with Crippen LogP contribution in [0.3, 0.4) is 0 Å². The van der Waals surface area contributed by atoms with Crippen LogP contribution in [-0.2, 0) is 7.05 Å². The molecule has 0 amide bonds. The topological polar surface area (TPSA) is 55.1 Å². The van der Waals surface area contributed by atoms with Crippen molar-refractivity contribution in [3.05, 3.63) is 29.7 Å². The van der Waals surface area contributed by atoms with Gasteiger partial charge in [0.1, 0.15) is 11.3 Å². The second kappa shape index (κ2) is 2.80. The van der Waals surface area contributed by atoms with Crippen LogP contribution in [0.25, 0.3) is 10.9 Å². The Balaban J connectivity index is 2.85. The summed E-state index contributed by atoms with van der Waals surface area (Å²) in [5, 5.41) is 13.2. The monoisotopic (exact) mass is 194 g/mol. The van der Waals surface area contributed by atoms with Gasteiger partial charge in [-0.2, -0.15) is 5.10 Å². The van der Waals surface area contributed by atoms with E-state index in [1.54, 1.807) is 13.2 Å². The summed E-state index contributed by atoms with van der Waals surface area (Å²) in [4.78, 5) is 10.8. The molecule has 0 unspecified atom stereocenters. The Morgan fingerprint density at radius 1 is 1.57 bits per heavy atom. The Bertz CT molecular complexity index is 519. The van der Waals surface area contributed by atoms with Gasteiger partial charge in [-0.1, -0.05) is 0 Å². The maximum absolute atomic E-state index is 13.0. The summed E-state index contributed by atoms with van der Waals surface area (Å²) in [6.45, 7) is 0. The maximum atomic E-state index is 13.0. The molecule has 0 spiro atoms. The van der Waals surface area contributed by atoms with Gasteiger partial charge >= 0.3 is 5.97 Å². The minimum absolute atomic E-state index is 0.111. The highest BCUT2D eigenvalue weighted by Gasteiger charge is 2.13. The first kappa shape index (κ1) is 8.68. The standard InChI is InChI=1S/C9H7FN2O2/c1-12-4-5-2-6(10)3-7(9(13)14)8(5)11-12/h2-4H,1H3,(H,13,14). The molecule has 2 rings (SSSR count). The van der Waals surface area contributed by atoms with E-state index < -0.39 is 11.8 Å². The lowest BCUT2D eigenvalue weighted by molar-refractivity contribution is 0.0698. The van der Waals surface area contributed by atoms with Crippen LogP contribution in [0.1, 0.15) is 10.4 Å². The van der Waals surface area contributed by atoms with Crippen molar-refractivity contribution < 1.29 is 14.3 Å². The van der Waals surface area contributed by atoms with Crippen molar-refractivity contribution >= 4 is 16.9 Å². The molecule has 72 valence electrons. The van der Waals surface area contributed by atoms with Crippen molar-refractivity contribution in [1.82, 2.24) is 9.78 Å². The molecule has 5 heteroatoms. The Morgan fingerprint density at radius 3 is 2.93 bits per heavy atom. The lowest BCUT2D eigenvalue weighted by Crippen LogP contribution is -1.99. The number of aromatic carboxylic acids is 1. The molecule has 4 nitrogen and oxygen atoms in total. The maximum Gasteiger partial charge on any atom is 0.338 e. The van der Waals surface area contributed by atoms with Gasteiger partial charge < -0.3 is 5.11 Å². The predicted molar refractivity (Wildman–Crippen MR) is 47.6 cm³/mol. The number of aromatic nitrogens is 2. The van der Waals surface area contributed by atoms with Crippen molar-refractivity contribution in [3.63, 3.8) is 0 Å². The SMILES string of the molecule is Cn1cc2cc(F)cc(C(=O)O)c2n1. The molecule has 1 heterocycles. The van der Waals surface area contributed by atoms with E-state index in [4.69, 9.17) is 5.11 Å². The summed E-state index contributed by atoms with van der Waals surface area (Å²) in [5.74, 6) is -1.74. The van der Waals surface area contributed by atoms with E-state index in [2.05, 4.69) is 5.10 Å². The molecule has 0 bridgehead atoms. The smallest absolute Gasteiger partial charge is 0.338 e. The molecule has 14 heavy (non-hydrogen) atoms. The van der Waals surface area contributed by atoms with Gasteiger partial charge in [-0.3, -0.25) is 4.68 Å². The zero-order valence-corrected chi connectivity index (χ0v) is 7.36. The van der Waals surface area contributed by atoms with Crippen LogP contribution in [0.4, 0.5) is 4.39 Å². The molecule has 1 N–H and O–H groups in total. The van der Waals surface area contributed by atoms with Gasteiger partial charge in [-0.25, -0.2) is 9.18 Å². The molecule has 2 aromatic rings. The molecule has 0 fully saturated rings. The number of benzene rings is 1. The summed E-state index contributed by atoms with van der Waals surface area (Å²) >= 11 is 0. The third-order valence-electron chi connectivity index (χ3n) is 1.92. The second-order valence-corrected chi connectivity index (χ2v) is 3.00. The molecule has 0 aliphatic rings. The van der Waals surface area contributed by atoms with E-state index in [0.29, 0.717) is 10.9 Å². The van der Waals surface area contributed by atoms with E-state index in [1.165, 1.54) is 10.7 Å². The molecule has 0 aliphatic heterocycles. The van der Waals surface area contributed by atoms with E-state index in [9.17, 15) is 9.18 Å². The number of nitrogens with zero attached hydrogens (tertiary/aromatic N) is 2. The first-order chi connectivity index (χ1) is 6.58. The average Bonchev–Trinajstić information content (AvgIpc) is 2.42. The van der Waals surface area contributed by atoms with Gasteiger partial charge in [0.2, 0.25) is 0 Å². The zero-order chi connectivity index (χ0) is 10.3. The van der Waals surface area contributed by atoms with Crippen molar-refractivity contribution in [2.75, 3.05) is 0 Å². The van der Waals surface area contributed by atoms with Gasteiger partial charge in [-0.05, 0) is 12.1 Å². The third kappa shape index (κ3) is 1.22. The number of hydrogen-bond acceptors (Lipinski definition) is 2. The summed E-state index contributed by atoms with van der Waals surface area (Å²) in [6, 6.07) is 2.23. The highest BCUT2D eigenvalue weighted by Crippen LogP contribution is 2.18. The Morgan fingerprint density at radius 2 is 2.29 bits per heavy atom. The van der Waals surface area contributed by atoms with Crippen molar-refractivity contribution in [3.8, 4) is 0 Å². The minimum Gasteiger partial charge on any atom is -0.478 e. The largest absolute Gasteiger partial charge is 0.478 e. The van der Waals surface area contributed by atoms with Gasteiger partial charge in [0.15, 0.2) is 0 Å². The third-order valence-corrected chi connectivity index (χ3v) is 1.92. The Hall–Kier alpha value is -1.91. The van der Waals surface area contributed by atoms with Crippen molar-refractivity contribution in [2.45, 2.75) is 0 Å². The summed E-state index contributed by atoms with van der Waals surface area (Å²) in [5.41, 5.74) is 0.196. The Labute approximate surface area is 78.6 Å².